The summed E-state index contributed by atoms with van der Waals surface area (Å²) in [5.74, 6) is 0. The van der Waals surface area contributed by atoms with Crippen molar-refractivity contribution in [3.8, 4) is 33.4 Å². The van der Waals surface area contributed by atoms with Crippen molar-refractivity contribution in [3.63, 3.8) is 0 Å². The fourth-order valence-electron chi connectivity index (χ4n) is 8.30. The number of fused-ring (bicyclic) bond motifs is 7. The number of hydrogen-bond acceptors (Lipinski definition) is 3. The number of thiophene rings is 1. The van der Waals surface area contributed by atoms with Gasteiger partial charge in [-0.25, -0.2) is 0 Å². The Hall–Kier alpha value is -6.94. The van der Waals surface area contributed by atoms with Gasteiger partial charge < -0.3 is 9.32 Å². The minimum atomic E-state index is 0.894. The van der Waals surface area contributed by atoms with Crippen LogP contribution in [0.2, 0.25) is 0 Å². The highest BCUT2D eigenvalue weighted by molar-refractivity contribution is 7.25. The molecule has 0 atom stereocenters. The largest absolute Gasteiger partial charge is 0.455 e. The van der Waals surface area contributed by atoms with Crippen LogP contribution < -0.4 is 4.90 Å². The molecule has 258 valence electrons. The molecule has 11 rings (SSSR count). The Balaban J connectivity index is 1.13. The van der Waals surface area contributed by atoms with Crippen molar-refractivity contribution in [1.29, 1.82) is 0 Å². The molecule has 0 spiro atoms. The molecule has 2 heterocycles. The number of hydrogen-bond donors (Lipinski definition) is 0. The quantitative estimate of drug-likeness (QED) is 0.170. The van der Waals surface area contributed by atoms with Crippen molar-refractivity contribution in [3.05, 3.63) is 200 Å². The van der Waals surface area contributed by atoms with E-state index in [-0.39, 0.29) is 0 Å². The second-order valence-electron chi connectivity index (χ2n) is 14.1. The Labute approximate surface area is 322 Å². The summed E-state index contributed by atoms with van der Waals surface area (Å²) in [5, 5.41) is 7.32. The lowest BCUT2D eigenvalue weighted by Gasteiger charge is -2.29. The number of rotatable bonds is 6. The summed E-state index contributed by atoms with van der Waals surface area (Å²) in [6.45, 7) is 0. The number of nitrogens with zero attached hydrogens (tertiary/aromatic N) is 1. The van der Waals surface area contributed by atoms with E-state index in [9.17, 15) is 0 Å². The molecule has 0 saturated carbocycles. The highest BCUT2D eigenvalue weighted by Crippen LogP contribution is 2.46. The van der Waals surface area contributed by atoms with Crippen LogP contribution in [0.25, 0.3) is 86.3 Å². The van der Waals surface area contributed by atoms with E-state index >= 15 is 0 Å². The molecule has 0 bridgehead atoms. The number of anilines is 3. The zero-order valence-electron chi connectivity index (χ0n) is 29.8. The zero-order chi connectivity index (χ0) is 36.3. The summed E-state index contributed by atoms with van der Waals surface area (Å²) >= 11 is 1.85. The molecule has 0 unspecified atom stereocenters. The summed E-state index contributed by atoms with van der Waals surface area (Å²) in [5.41, 5.74) is 11.9. The second kappa shape index (κ2) is 12.9. The average Bonchev–Trinajstić information content (AvgIpc) is 3.82. The van der Waals surface area contributed by atoms with Crippen LogP contribution >= 0.6 is 11.3 Å². The Morgan fingerprint density at radius 3 is 1.87 bits per heavy atom. The molecular weight excluding hydrogens is 687 g/mol. The fourth-order valence-corrected chi connectivity index (χ4v) is 9.39. The first-order valence-electron chi connectivity index (χ1n) is 18.7. The summed E-state index contributed by atoms with van der Waals surface area (Å²) in [6.07, 6.45) is 0. The van der Waals surface area contributed by atoms with E-state index in [1.165, 1.54) is 53.2 Å². The van der Waals surface area contributed by atoms with Gasteiger partial charge in [0.25, 0.3) is 0 Å². The fraction of sp³-hybridized carbons (Fsp3) is 0. The van der Waals surface area contributed by atoms with E-state index < -0.39 is 0 Å². The van der Waals surface area contributed by atoms with Gasteiger partial charge in [0.05, 0.1) is 5.69 Å². The minimum absolute atomic E-state index is 0.894. The molecule has 0 saturated heterocycles. The predicted octanol–water partition coefficient (Wildman–Crippen LogP) is 15.6. The van der Waals surface area contributed by atoms with E-state index in [0.717, 1.165) is 50.1 Å². The van der Waals surface area contributed by atoms with Crippen LogP contribution in [0.5, 0.6) is 0 Å². The molecule has 2 nitrogen and oxygen atoms in total. The molecule has 3 heteroatoms. The van der Waals surface area contributed by atoms with Gasteiger partial charge in [0.15, 0.2) is 0 Å². The van der Waals surface area contributed by atoms with Crippen molar-refractivity contribution in [2.24, 2.45) is 0 Å². The molecule has 2 aromatic heterocycles. The van der Waals surface area contributed by atoms with E-state index in [1.54, 1.807) is 0 Å². The van der Waals surface area contributed by atoms with Gasteiger partial charge in [-0.15, -0.1) is 11.3 Å². The summed E-state index contributed by atoms with van der Waals surface area (Å²) in [4.78, 5) is 2.41. The molecule has 0 fully saturated rings. The highest BCUT2D eigenvalue weighted by atomic mass is 32.1. The van der Waals surface area contributed by atoms with Gasteiger partial charge in [-0.3, -0.25) is 0 Å². The SMILES string of the molecule is c1cc(-c2ccc3sc4ccccc4c3c2)cc(N(c2cccc(-c3cccc4ccccc34)c2)c2ccccc2-c2cccc3c2oc2ccccc23)c1. The lowest BCUT2D eigenvalue weighted by atomic mass is 9.96. The maximum Gasteiger partial charge on any atom is 0.143 e. The number of furan rings is 1. The van der Waals surface area contributed by atoms with Crippen LogP contribution in [0, 0.1) is 0 Å². The first kappa shape index (κ1) is 31.6. The zero-order valence-corrected chi connectivity index (χ0v) is 30.6. The maximum absolute atomic E-state index is 6.62. The number of benzene rings is 9. The topological polar surface area (TPSA) is 16.4 Å². The molecule has 0 amide bonds. The normalized spacial score (nSPS) is 11.6. The van der Waals surface area contributed by atoms with Crippen LogP contribution in [-0.4, -0.2) is 0 Å². The summed E-state index contributed by atoms with van der Waals surface area (Å²) in [6, 6.07) is 72.3. The van der Waals surface area contributed by atoms with E-state index in [1.807, 2.05) is 17.4 Å². The third kappa shape index (κ3) is 5.32. The van der Waals surface area contributed by atoms with Crippen molar-refractivity contribution >= 4 is 81.3 Å². The van der Waals surface area contributed by atoms with Gasteiger partial charge in [0.1, 0.15) is 11.2 Å². The lowest BCUT2D eigenvalue weighted by Crippen LogP contribution is -2.11. The van der Waals surface area contributed by atoms with E-state index in [0.29, 0.717) is 0 Å². The third-order valence-electron chi connectivity index (χ3n) is 10.9. The van der Waals surface area contributed by atoms with Gasteiger partial charge >= 0.3 is 0 Å². The second-order valence-corrected chi connectivity index (χ2v) is 15.2. The van der Waals surface area contributed by atoms with Crippen LogP contribution in [0.1, 0.15) is 0 Å². The van der Waals surface area contributed by atoms with E-state index in [4.69, 9.17) is 4.42 Å². The Kier molecular flexibility index (Phi) is 7.39. The molecule has 9 aromatic carbocycles. The third-order valence-corrected chi connectivity index (χ3v) is 12.0. The minimum Gasteiger partial charge on any atom is -0.455 e. The van der Waals surface area contributed by atoms with Gasteiger partial charge in [-0.1, -0.05) is 146 Å². The summed E-state index contributed by atoms with van der Waals surface area (Å²) < 4.78 is 9.24. The molecule has 0 aliphatic carbocycles. The van der Waals surface area contributed by atoms with Crippen LogP contribution in [0.15, 0.2) is 205 Å². The van der Waals surface area contributed by atoms with Crippen molar-refractivity contribution in [2.75, 3.05) is 4.90 Å². The number of para-hydroxylation sites is 3. The Morgan fingerprint density at radius 2 is 0.964 bits per heavy atom. The molecule has 55 heavy (non-hydrogen) atoms. The lowest BCUT2D eigenvalue weighted by molar-refractivity contribution is 0.670. The summed E-state index contributed by atoms with van der Waals surface area (Å²) in [7, 11) is 0. The van der Waals surface area contributed by atoms with Crippen LogP contribution in [0.3, 0.4) is 0 Å². The van der Waals surface area contributed by atoms with Crippen LogP contribution in [0.4, 0.5) is 17.1 Å². The van der Waals surface area contributed by atoms with E-state index in [2.05, 4.69) is 199 Å². The smallest absolute Gasteiger partial charge is 0.143 e. The van der Waals surface area contributed by atoms with Gasteiger partial charge in [-0.05, 0) is 87.6 Å². The molecule has 0 radical (unpaired) electrons. The maximum atomic E-state index is 6.62. The average molecular weight is 720 g/mol. The van der Waals surface area contributed by atoms with Crippen molar-refractivity contribution in [2.45, 2.75) is 0 Å². The molecular formula is C52H33NOS. The Bertz CT molecular complexity index is 3240. The van der Waals surface area contributed by atoms with Crippen molar-refractivity contribution < 1.29 is 4.42 Å². The van der Waals surface area contributed by atoms with Gasteiger partial charge in [-0.2, -0.15) is 0 Å². The molecule has 0 N–H and O–H groups in total. The van der Waals surface area contributed by atoms with Crippen molar-refractivity contribution in [1.82, 2.24) is 0 Å². The predicted molar refractivity (Wildman–Crippen MR) is 235 cm³/mol. The van der Waals surface area contributed by atoms with Gasteiger partial charge in [0.2, 0.25) is 0 Å². The first-order chi connectivity index (χ1) is 27.3. The highest BCUT2D eigenvalue weighted by Gasteiger charge is 2.21. The van der Waals surface area contributed by atoms with Gasteiger partial charge in [0, 0.05) is 53.4 Å². The molecule has 0 aliphatic heterocycles. The molecule has 0 aliphatic rings. The Morgan fingerprint density at radius 1 is 0.364 bits per heavy atom. The first-order valence-corrected chi connectivity index (χ1v) is 19.5. The monoisotopic (exact) mass is 719 g/mol. The van der Waals surface area contributed by atoms with Crippen LogP contribution in [-0.2, 0) is 0 Å². The molecule has 11 aromatic rings. The standard InChI is InChI=1S/C52H33NOS/c1-2-19-40-34(13-1)14-11-23-41(40)37-16-10-18-39(32-37)53(38-17-9-15-35(31-38)36-29-30-51-47(33-36)44-22-5-8-28-50(44)55-51)48-26-6-3-20-42(48)45-24-12-25-46-43-21-4-7-27-49(43)54-52(45)46/h1-33H.